The molecule has 5 amide bonds. The molecule has 0 aliphatic carbocycles. The molecular weight excluding hydrogens is 775 g/mol. The van der Waals surface area contributed by atoms with Crippen LogP contribution >= 0.6 is 11.8 Å². The molecule has 3 fully saturated rings. The van der Waals surface area contributed by atoms with Gasteiger partial charge in [0.15, 0.2) is 0 Å². The van der Waals surface area contributed by atoms with E-state index in [1.54, 1.807) is 41.2 Å². The van der Waals surface area contributed by atoms with Gasteiger partial charge in [-0.2, -0.15) is 0 Å². The molecule has 4 aliphatic heterocycles. The number of carbonyl (C=O) groups is 5. The summed E-state index contributed by atoms with van der Waals surface area (Å²) in [6, 6.07) is 17.4. The SMILES string of the molecule is O=C(/C=C/c1cccnc1)NCCCCC1CCN(C(=O)c2ccc(N3CCN(CCCCCCSc4ccc5c(c4)C(=O)N(C4CCC(=O)NC4=O)C5)CC3)cc2)CC1. The lowest BCUT2D eigenvalue weighted by atomic mass is 9.91. The number of hydrogen-bond acceptors (Lipinski definition) is 9. The van der Waals surface area contributed by atoms with Crippen LogP contribution in [0.5, 0.6) is 0 Å². The van der Waals surface area contributed by atoms with Crippen LogP contribution in [0.2, 0.25) is 0 Å². The molecule has 0 saturated carbocycles. The van der Waals surface area contributed by atoms with Gasteiger partial charge in [-0.05, 0) is 116 Å². The van der Waals surface area contributed by atoms with Crippen molar-refractivity contribution < 1.29 is 24.0 Å². The van der Waals surface area contributed by atoms with Gasteiger partial charge in [0, 0.05) is 99.0 Å². The van der Waals surface area contributed by atoms with Crippen LogP contribution in [-0.2, 0) is 20.9 Å². The zero-order valence-corrected chi connectivity index (χ0v) is 35.5. The number of fused-ring (bicyclic) bond motifs is 1. The fourth-order valence-electron chi connectivity index (χ4n) is 8.73. The number of piperidine rings is 2. The van der Waals surface area contributed by atoms with Crippen molar-refractivity contribution >= 4 is 53.1 Å². The number of rotatable bonds is 18. The largest absolute Gasteiger partial charge is 0.369 e. The molecule has 1 atom stereocenters. The number of pyridine rings is 1. The number of likely N-dealkylation sites (tertiary alicyclic amines) is 1. The fraction of sp³-hybridized carbons (Fsp3) is 0.489. The molecule has 1 unspecified atom stereocenters. The van der Waals surface area contributed by atoms with Gasteiger partial charge in [0.1, 0.15) is 6.04 Å². The molecule has 2 aromatic carbocycles. The average molecular weight is 834 g/mol. The van der Waals surface area contributed by atoms with Crippen LogP contribution in [-0.4, -0.2) is 113 Å². The van der Waals surface area contributed by atoms with Crippen molar-refractivity contribution in [1.29, 1.82) is 0 Å². The second-order valence-electron chi connectivity index (χ2n) is 16.5. The van der Waals surface area contributed by atoms with Crippen molar-refractivity contribution in [3.8, 4) is 0 Å². The minimum Gasteiger partial charge on any atom is -0.369 e. The highest BCUT2D eigenvalue weighted by Gasteiger charge is 2.39. The molecule has 2 N–H and O–H groups in total. The Balaban J connectivity index is 0.714. The molecule has 0 spiro atoms. The number of hydrogen-bond donors (Lipinski definition) is 2. The Morgan fingerprint density at radius 1 is 0.867 bits per heavy atom. The second kappa shape index (κ2) is 21.5. The first-order valence-corrected chi connectivity index (χ1v) is 22.9. The summed E-state index contributed by atoms with van der Waals surface area (Å²) in [6.07, 6.45) is 17.3. The third-order valence-electron chi connectivity index (χ3n) is 12.3. The maximum absolute atomic E-state index is 13.3. The summed E-state index contributed by atoms with van der Waals surface area (Å²) in [5.74, 6) is 0.915. The monoisotopic (exact) mass is 833 g/mol. The predicted molar refractivity (Wildman–Crippen MR) is 236 cm³/mol. The summed E-state index contributed by atoms with van der Waals surface area (Å²) in [4.78, 5) is 76.2. The molecule has 7 rings (SSSR count). The maximum atomic E-state index is 13.3. The van der Waals surface area contributed by atoms with Crippen molar-refractivity contribution in [3.63, 3.8) is 0 Å². The molecule has 318 valence electrons. The van der Waals surface area contributed by atoms with Crippen LogP contribution in [0, 0.1) is 5.92 Å². The number of nitrogens with zero attached hydrogens (tertiary/aromatic N) is 5. The van der Waals surface area contributed by atoms with E-state index in [-0.39, 0.29) is 36.0 Å². The smallest absolute Gasteiger partial charge is 0.255 e. The normalized spacial score (nSPS) is 18.9. The zero-order valence-electron chi connectivity index (χ0n) is 34.7. The Hall–Kier alpha value is -5.01. The number of imide groups is 1. The van der Waals surface area contributed by atoms with Crippen LogP contribution in [0.1, 0.15) is 102 Å². The van der Waals surface area contributed by atoms with E-state index in [9.17, 15) is 24.0 Å². The molecule has 5 heterocycles. The summed E-state index contributed by atoms with van der Waals surface area (Å²) < 4.78 is 0. The van der Waals surface area contributed by atoms with Gasteiger partial charge in [0.05, 0.1) is 0 Å². The summed E-state index contributed by atoms with van der Waals surface area (Å²) in [6.45, 7) is 7.87. The first-order chi connectivity index (χ1) is 29.3. The van der Waals surface area contributed by atoms with E-state index >= 15 is 0 Å². The maximum Gasteiger partial charge on any atom is 0.255 e. The summed E-state index contributed by atoms with van der Waals surface area (Å²) in [5, 5.41) is 5.33. The molecule has 3 saturated heterocycles. The van der Waals surface area contributed by atoms with Gasteiger partial charge in [-0.15, -0.1) is 11.8 Å². The quantitative estimate of drug-likeness (QED) is 0.0668. The van der Waals surface area contributed by atoms with E-state index in [0.29, 0.717) is 31.0 Å². The zero-order chi connectivity index (χ0) is 41.7. The molecule has 12 nitrogen and oxygen atoms in total. The molecule has 60 heavy (non-hydrogen) atoms. The van der Waals surface area contributed by atoms with Gasteiger partial charge >= 0.3 is 0 Å². The lowest BCUT2D eigenvalue weighted by Gasteiger charge is -2.36. The number of amides is 5. The number of carbonyl (C=O) groups excluding carboxylic acids is 5. The second-order valence-corrected chi connectivity index (χ2v) is 17.7. The van der Waals surface area contributed by atoms with Crippen molar-refractivity contribution in [2.45, 2.75) is 88.1 Å². The highest BCUT2D eigenvalue weighted by Crippen LogP contribution is 2.31. The van der Waals surface area contributed by atoms with Gasteiger partial charge in [0.25, 0.3) is 11.8 Å². The highest BCUT2D eigenvalue weighted by atomic mass is 32.2. The number of piperazine rings is 1. The first-order valence-electron chi connectivity index (χ1n) is 21.9. The molecule has 1 aromatic heterocycles. The Morgan fingerprint density at radius 3 is 2.43 bits per heavy atom. The van der Waals surface area contributed by atoms with Crippen molar-refractivity contribution in [2.24, 2.45) is 5.92 Å². The molecule has 3 aromatic rings. The minimum absolute atomic E-state index is 0.0806. The van der Waals surface area contributed by atoms with Crippen LogP contribution in [0.25, 0.3) is 6.08 Å². The molecule has 0 radical (unpaired) electrons. The summed E-state index contributed by atoms with van der Waals surface area (Å²) in [5.41, 5.74) is 4.47. The lowest BCUT2D eigenvalue weighted by Crippen LogP contribution is -2.52. The summed E-state index contributed by atoms with van der Waals surface area (Å²) >= 11 is 1.78. The third kappa shape index (κ3) is 11.8. The van der Waals surface area contributed by atoms with Crippen LogP contribution in [0.4, 0.5) is 5.69 Å². The van der Waals surface area contributed by atoms with Gasteiger partial charge in [0.2, 0.25) is 17.7 Å². The van der Waals surface area contributed by atoms with Crippen LogP contribution in [0.3, 0.4) is 0 Å². The van der Waals surface area contributed by atoms with E-state index in [2.05, 4.69) is 43.6 Å². The van der Waals surface area contributed by atoms with Gasteiger partial charge in [-0.1, -0.05) is 37.8 Å². The highest BCUT2D eigenvalue weighted by molar-refractivity contribution is 7.99. The molecule has 4 aliphatic rings. The molecule has 13 heteroatoms. The third-order valence-corrected chi connectivity index (χ3v) is 13.4. The standard InChI is InChI=1S/C47H59N7O5S/c55-43(18-10-36-9-7-22-48-33-36)49-23-4-3-8-35-20-25-53(26-21-35)46(58)37-11-14-39(15-12-37)52-29-27-51(28-30-52)24-5-1-2-6-31-60-40-16-13-38-34-54(47(59)41(38)32-40)42-17-19-44(56)50-45(42)57/h7,9-16,18,22,32-33,35,42H,1-6,8,17,19-21,23-31,34H2,(H,49,55)(H,50,56,57)/b18-10+. The lowest BCUT2D eigenvalue weighted by molar-refractivity contribution is -0.137. The number of nitrogens with one attached hydrogen (secondary N) is 2. The van der Waals surface area contributed by atoms with Crippen molar-refractivity contribution in [2.75, 3.05) is 63.0 Å². The van der Waals surface area contributed by atoms with E-state index in [0.717, 1.165) is 112 Å². The van der Waals surface area contributed by atoms with Gasteiger partial charge in [-0.3, -0.25) is 39.2 Å². The summed E-state index contributed by atoms with van der Waals surface area (Å²) in [7, 11) is 0. The first kappa shape index (κ1) is 43.1. The minimum atomic E-state index is -0.579. The average Bonchev–Trinajstić information content (AvgIpc) is 3.60. The fourth-order valence-corrected chi connectivity index (χ4v) is 9.68. The number of unbranched alkanes of at least 4 members (excludes halogenated alkanes) is 4. The van der Waals surface area contributed by atoms with Crippen molar-refractivity contribution in [3.05, 3.63) is 95.3 Å². The number of benzene rings is 2. The number of thioether (sulfide) groups is 1. The number of anilines is 1. The van der Waals surface area contributed by atoms with Crippen molar-refractivity contribution in [1.82, 2.24) is 30.3 Å². The Labute approximate surface area is 358 Å². The Kier molecular flexibility index (Phi) is 15.4. The van der Waals surface area contributed by atoms with Crippen LogP contribution < -0.4 is 15.5 Å². The topological polar surface area (TPSA) is 135 Å². The van der Waals surface area contributed by atoms with E-state index in [4.69, 9.17) is 0 Å². The predicted octanol–water partition coefficient (Wildman–Crippen LogP) is 6.17. The molecule has 0 bridgehead atoms. The van der Waals surface area contributed by atoms with E-state index < -0.39 is 6.04 Å². The molecular formula is C47H59N7O5S. The van der Waals surface area contributed by atoms with E-state index in [1.165, 1.54) is 24.9 Å². The Bertz CT molecular complexity index is 1980. The Morgan fingerprint density at radius 2 is 1.67 bits per heavy atom. The van der Waals surface area contributed by atoms with E-state index in [1.807, 2.05) is 41.3 Å². The number of aromatic nitrogens is 1. The van der Waals surface area contributed by atoms with Gasteiger partial charge < -0.3 is 20.0 Å². The van der Waals surface area contributed by atoms with Gasteiger partial charge in [-0.25, -0.2) is 0 Å². The van der Waals surface area contributed by atoms with Crippen LogP contribution in [0.15, 0.2) is 78.0 Å².